The molecule has 0 aliphatic heterocycles. The number of rotatable bonds is 2. The minimum absolute atomic E-state index is 0.770. The van der Waals surface area contributed by atoms with E-state index in [1.54, 1.807) is 0 Å². The van der Waals surface area contributed by atoms with Crippen LogP contribution in [0, 0.1) is 3.57 Å². The van der Waals surface area contributed by atoms with Gasteiger partial charge in [-0.2, -0.15) is 0 Å². The normalized spacial score (nSPS) is 9.30. The van der Waals surface area contributed by atoms with E-state index in [4.69, 9.17) is 0 Å². The Morgan fingerprint density at radius 1 is 1.50 bits per heavy atom. The molecule has 0 bridgehead atoms. The zero-order chi connectivity index (χ0) is 7.40. The molecule has 0 aliphatic carbocycles. The Hall–Kier alpha value is 0.0400. The number of halogens is 1. The zero-order valence-corrected chi connectivity index (χ0v) is 8.28. The summed E-state index contributed by atoms with van der Waals surface area (Å²) in [5.41, 5.74) is 1.24. The van der Waals surface area contributed by atoms with E-state index in [1.165, 1.54) is 9.13 Å². The van der Waals surface area contributed by atoms with Crippen molar-refractivity contribution >= 4 is 40.2 Å². The van der Waals surface area contributed by atoms with Gasteiger partial charge in [-0.3, -0.25) is 0 Å². The van der Waals surface area contributed by atoms with Crippen molar-refractivity contribution in [3.8, 4) is 0 Å². The molecule has 1 radical (unpaired) electrons. The summed E-state index contributed by atoms with van der Waals surface area (Å²) in [5, 5.41) is 2.69. The molecule has 51 valence electrons. The first-order valence-electron chi connectivity index (χ1n) is 2.92. The van der Waals surface area contributed by atoms with Crippen LogP contribution in [0.25, 0.3) is 0 Å². The largest absolute Gasteiger partial charge is 0.0833 e. The van der Waals surface area contributed by atoms with Crippen molar-refractivity contribution in [2.24, 2.45) is 0 Å². The lowest BCUT2D eigenvalue weighted by atomic mass is 10.2. The maximum atomic E-state index is 4.62. The Labute approximate surface area is 79.8 Å². The fourth-order valence-electron chi connectivity index (χ4n) is 0.730. The van der Waals surface area contributed by atoms with E-state index in [0.717, 1.165) is 6.42 Å². The first-order valence-corrected chi connectivity index (χ1v) is 4.41. The molecule has 0 fully saturated rings. The minimum Gasteiger partial charge on any atom is -0.0833 e. The summed E-state index contributed by atoms with van der Waals surface area (Å²) in [6.45, 7) is 0. The number of hydrogen-bond acceptors (Lipinski definition) is 1. The molecule has 0 amide bonds. The lowest BCUT2D eigenvalue weighted by Crippen LogP contribution is -1.83. The van der Waals surface area contributed by atoms with Crippen molar-refractivity contribution in [3.63, 3.8) is 0 Å². The molecule has 0 unspecified atom stereocenters. The molecule has 0 nitrogen and oxygen atoms in total. The van der Waals surface area contributed by atoms with Crippen LogP contribution >= 0.6 is 34.8 Å². The summed E-state index contributed by atoms with van der Waals surface area (Å²) < 4.78 is 1.25. The molecule has 10 heavy (non-hydrogen) atoms. The van der Waals surface area contributed by atoms with E-state index < -0.39 is 0 Å². The summed E-state index contributed by atoms with van der Waals surface area (Å²) in [7, 11) is 0. The van der Waals surface area contributed by atoms with Gasteiger partial charge in [-0.1, -0.05) is 24.4 Å². The van der Waals surface area contributed by atoms with Gasteiger partial charge in [-0.25, -0.2) is 0 Å². The van der Waals surface area contributed by atoms with Gasteiger partial charge < -0.3 is 0 Å². The van der Waals surface area contributed by atoms with Gasteiger partial charge in [0.05, 0.1) is 0 Å². The van der Waals surface area contributed by atoms with E-state index in [1.807, 2.05) is 6.07 Å². The van der Waals surface area contributed by atoms with Gasteiger partial charge in [-0.15, -0.1) is 0 Å². The van der Waals surface area contributed by atoms with E-state index in [9.17, 15) is 0 Å². The van der Waals surface area contributed by atoms with Crippen LogP contribution in [0.5, 0.6) is 0 Å². The molecule has 1 rings (SSSR count). The van der Waals surface area contributed by atoms with Crippen molar-refractivity contribution < 1.29 is 0 Å². The summed E-state index contributed by atoms with van der Waals surface area (Å²) in [6, 6.07) is 8.26. The van der Waals surface area contributed by atoms with Crippen LogP contribution in [-0.2, 0) is 6.42 Å². The molecule has 0 spiro atoms. The average molecular weight is 261 g/mol. The van der Waals surface area contributed by atoms with Crippen molar-refractivity contribution in [3.05, 3.63) is 33.4 Å². The lowest BCUT2D eigenvalue weighted by molar-refractivity contribution is 1.37. The second-order valence-corrected chi connectivity index (χ2v) is 3.49. The van der Waals surface area contributed by atoms with Crippen molar-refractivity contribution in [2.75, 3.05) is 0 Å². The number of thiocarbonyl (C=S) groups is 1. The highest BCUT2D eigenvalue weighted by Crippen LogP contribution is 2.07. The van der Waals surface area contributed by atoms with E-state index >= 15 is 0 Å². The lowest BCUT2D eigenvalue weighted by Gasteiger charge is -1.94. The Bertz CT molecular complexity index is 232. The molecule has 0 heterocycles. The molecule has 0 saturated heterocycles. The van der Waals surface area contributed by atoms with Crippen LogP contribution in [0.15, 0.2) is 24.3 Å². The smallest absolute Gasteiger partial charge is 0.0338 e. The van der Waals surface area contributed by atoms with Crippen molar-refractivity contribution in [1.82, 2.24) is 0 Å². The fraction of sp³-hybridized carbons (Fsp3) is 0.125. The Balaban J connectivity index is 2.84. The topological polar surface area (TPSA) is 0 Å². The van der Waals surface area contributed by atoms with Gasteiger partial charge >= 0.3 is 0 Å². The third-order valence-corrected chi connectivity index (χ3v) is 1.98. The Morgan fingerprint density at radius 3 is 2.90 bits per heavy atom. The molecular weight excluding hydrogens is 255 g/mol. The van der Waals surface area contributed by atoms with Crippen molar-refractivity contribution in [2.45, 2.75) is 6.42 Å². The summed E-state index contributed by atoms with van der Waals surface area (Å²) in [6.07, 6.45) is 0.770. The molecule has 1 aromatic carbocycles. The quantitative estimate of drug-likeness (QED) is 0.582. The Kier molecular flexibility index (Phi) is 3.28. The predicted octanol–water partition coefficient (Wildman–Crippen LogP) is 2.71. The second-order valence-electron chi connectivity index (χ2n) is 1.95. The minimum atomic E-state index is 0.770. The van der Waals surface area contributed by atoms with Gasteiger partial charge in [0.1, 0.15) is 0 Å². The van der Waals surface area contributed by atoms with Crippen LogP contribution < -0.4 is 0 Å². The molecule has 0 atom stereocenters. The van der Waals surface area contributed by atoms with Crippen LogP contribution in [-0.4, -0.2) is 5.37 Å². The highest BCUT2D eigenvalue weighted by atomic mass is 127. The van der Waals surface area contributed by atoms with Crippen LogP contribution in [0.3, 0.4) is 0 Å². The third-order valence-electron chi connectivity index (χ3n) is 1.17. The first kappa shape index (κ1) is 8.14. The maximum Gasteiger partial charge on any atom is 0.0338 e. The van der Waals surface area contributed by atoms with E-state index in [0.29, 0.717) is 0 Å². The standard InChI is InChI=1S/C8H6IS/c9-8-3-1-2-7(6-8)4-5-10/h1-3,6H,4H2. The van der Waals surface area contributed by atoms with E-state index in [2.05, 4.69) is 58.4 Å². The molecule has 0 N–H and O–H groups in total. The van der Waals surface area contributed by atoms with Crippen LogP contribution in [0.2, 0.25) is 0 Å². The van der Waals surface area contributed by atoms with Gasteiger partial charge in [0.15, 0.2) is 0 Å². The monoisotopic (exact) mass is 261 g/mol. The molecule has 0 aromatic heterocycles. The molecule has 0 saturated carbocycles. The highest BCUT2D eigenvalue weighted by molar-refractivity contribution is 14.1. The third kappa shape index (κ3) is 2.34. The first-order chi connectivity index (χ1) is 4.83. The average Bonchev–Trinajstić information content (AvgIpc) is 1.88. The molecular formula is C8H6IS. The number of hydrogen-bond donors (Lipinski definition) is 0. The fourth-order valence-corrected chi connectivity index (χ4v) is 1.50. The molecule has 2 heteroatoms. The Morgan fingerprint density at radius 2 is 2.30 bits per heavy atom. The summed E-state index contributed by atoms with van der Waals surface area (Å²) in [4.78, 5) is 0. The predicted molar refractivity (Wildman–Crippen MR) is 55.5 cm³/mol. The summed E-state index contributed by atoms with van der Waals surface area (Å²) >= 11 is 6.91. The SMILES string of the molecule is S=[C]Cc1cccc(I)c1. The van der Waals surface area contributed by atoms with Gasteiger partial charge in [0, 0.05) is 15.4 Å². The number of benzene rings is 1. The summed E-state index contributed by atoms with van der Waals surface area (Å²) in [5.74, 6) is 0. The van der Waals surface area contributed by atoms with E-state index in [-0.39, 0.29) is 0 Å². The van der Waals surface area contributed by atoms with Crippen molar-refractivity contribution in [1.29, 1.82) is 0 Å². The molecule has 1 aromatic rings. The van der Waals surface area contributed by atoms with Gasteiger partial charge in [0.25, 0.3) is 0 Å². The van der Waals surface area contributed by atoms with Crippen LogP contribution in [0.4, 0.5) is 0 Å². The van der Waals surface area contributed by atoms with Gasteiger partial charge in [0.2, 0.25) is 0 Å². The zero-order valence-electron chi connectivity index (χ0n) is 5.30. The van der Waals surface area contributed by atoms with Gasteiger partial charge in [-0.05, 0) is 40.3 Å². The highest BCUT2D eigenvalue weighted by Gasteiger charge is 1.89. The van der Waals surface area contributed by atoms with Crippen LogP contribution in [0.1, 0.15) is 5.56 Å². The second kappa shape index (κ2) is 4.03. The molecule has 0 aliphatic rings. The maximum absolute atomic E-state index is 4.62.